The maximum atomic E-state index is 12.4. The van der Waals surface area contributed by atoms with Crippen molar-refractivity contribution in [2.45, 2.75) is 38.8 Å². The largest absolute Gasteiger partial charge is 0.356 e. The first-order valence-electron chi connectivity index (χ1n) is 10.4. The fourth-order valence-corrected chi connectivity index (χ4v) is 3.93. The van der Waals surface area contributed by atoms with Gasteiger partial charge in [0.1, 0.15) is 5.82 Å². The molecule has 29 heavy (non-hydrogen) atoms. The van der Waals surface area contributed by atoms with Crippen LogP contribution in [-0.4, -0.2) is 74.9 Å². The van der Waals surface area contributed by atoms with Crippen LogP contribution in [0.5, 0.6) is 0 Å². The number of anilines is 1. The summed E-state index contributed by atoms with van der Waals surface area (Å²) in [5, 5.41) is 7.92. The normalized spacial score (nSPS) is 17.3. The molecule has 2 aliphatic heterocycles. The Morgan fingerprint density at radius 2 is 1.93 bits per heavy atom. The molecule has 2 aromatic rings. The van der Waals surface area contributed by atoms with E-state index in [2.05, 4.69) is 35.2 Å². The van der Waals surface area contributed by atoms with Crippen molar-refractivity contribution in [3.8, 4) is 0 Å². The molecule has 1 N–H and O–H groups in total. The van der Waals surface area contributed by atoms with Gasteiger partial charge in [-0.2, -0.15) is 5.10 Å². The lowest BCUT2D eigenvalue weighted by atomic mass is 10.2. The van der Waals surface area contributed by atoms with Gasteiger partial charge in [0.05, 0.1) is 0 Å². The molecule has 10 nitrogen and oxygen atoms in total. The smallest absolute Gasteiger partial charge is 0.345 e. The van der Waals surface area contributed by atoms with E-state index in [9.17, 15) is 4.79 Å². The lowest BCUT2D eigenvalue weighted by Gasteiger charge is -2.36. The summed E-state index contributed by atoms with van der Waals surface area (Å²) in [6.07, 6.45) is 7.48. The second-order valence-electron chi connectivity index (χ2n) is 7.38. The molecule has 156 valence electrons. The van der Waals surface area contributed by atoms with Gasteiger partial charge in [0.2, 0.25) is 5.95 Å². The second-order valence-corrected chi connectivity index (χ2v) is 7.38. The molecule has 2 aromatic heterocycles. The van der Waals surface area contributed by atoms with Gasteiger partial charge in [-0.1, -0.05) is 0 Å². The fourth-order valence-electron chi connectivity index (χ4n) is 3.93. The van der Waals surface area contributed by atoms with E-state index < -0.39 is 0 Å². The minimum atomic E-state index is 0.0309. The van der Waals surface area contributed by atoms with Crippen LogP contribution in [0.1, 0.15) is 25.1 Å². The van der Waals surface area contributed by atoms with Crippen molar-refractivity contribution in [3.63, 3.8) is 0 Å². The number of rotatable bonds is 5. The minimum Gasteiger partial charge on any atom is -0.356 e. The first kappa shape index (κ1) is 19.4. The quantitative estimate of drug-likeness (QED) is 0.428. The maximum absolute atomic E-state index is 12.4. The number of nitrogens with zero attached hydrogens (tertiary/aromatic N) is 8. The van der Waals surface area contributed by atoms with E-state index in [-0.39, 0.29) is 5.69 Å². The van der Waals surface area contributed by atoms with E-state index in [4.69, 9.17) is 0 Å². The van der Waals surface area contributed by atoms with Gasteiger partial charge in [-0.15, -0.1) is 0 Å². The summed E-state index contributed by atoms with van der Waals surface area (Å²) in [6.45, 7) is 5.64. The van der Waals surface area contributed by atoms with Gasteiger partial charge in [0.25, 0.3) is 0 Å². The van der Waals surface area contributed by atoms with E-state index in [0.717, 1.165) is 82.7 Å². The van der Waals surface area contributed by atoms with Crippen LogP contribution >= 0.6 is 0 Å². The Morgan fingerprint density at radius 3 is 2.66 bits per heavy atom. The lowest BCUT2D eigenvalue weighted by molar-refractivity contribution is 0.369. The van der Waals surface area contributed by atoms with E-state index in [0.29, 0.717) is 6.54 Å². The molecular formula is C19H29N9O. The van der Waals surface area contributed by atoms with E-state index in [1.54, 1.807) is 17.1 Å². The van der Waals surface area contributed by atoms with Crippen molar-refractivity contribution in [3.05, 3.63) is 34.8 Å². The van der Waals surface area contributed by atoms with Gasteiger partial charge in [0.15, 0.2) is 5.96 Å². The molecule has 1 saturated heterocycles. The molecule has 0 radical (unpaired) electrons. The zero-order valence-electron chi connectivity index (χ0n) is 17.0. The summed E-state index contributed by atoms with van der Waals surface area (Å²) in [5.41, 5.74) is 0.0309. The number of hydrogen-bond donors (Lipinski definition) is 1. The third-order valence-corrected chi connectivity index (χ3v) is 5.49. The highest BCUT2D eigenvalue weighted by Gasteiger charge is 2.21. The molecule has 0 saturated carbocycles. The molecule has 1 fully saturated rings. The average molecular weight is 400 g/mol. The number of nitrogens with one attached hydrogen (secondary N) is 1. The summed E-state index contributed by atoms with van der Waals surface area (Å²) >= 11 is 0. The highest BCUT2D eigenvalue weighted by Crippen LogP contribution is 2.10. The number of hydrogen-bond acceptors (Lipinski definition) is 6. The summed E-state index contributed by atoms with van der Waals surface area (Å²) in [6, 6.07) is 1.83. The molecule has 0 amide bonds. The molecule has 0 spiro atoms. The van der Waals surface area contributed by atoms with Crippen molar-refractivity contribution in [2.24, 2.45) is 4.99 Å². The highest BCUT2D eigenvalue weighted by molar-refractivity contribution is 5.80. The SMILES string of the molecule is CN=C(NCCCn1nc2n(c1=O)CCCC2)N1CCN(c2ncccn2)CC1. The van der Waals surface area contributed by atoms with Crippen LogP contribution in [0.15, 0.2) is 28.2 Å². The third-order valence-electron chi connectivity index (χ3n) is 5.49. The topological polar surface area (TPSA) is 96.5 Å². The van der Waals surface area contributed by atoms with Gasteiger partial charge in [-0.05, 0) is 25.3 Å². The Kier molecular flexibility index (Phi) is 6.06. The summed E-state index contributed by atoms with van der Waals surface area (Å²) < 4.78 is 3.44. The molecule has 0 unspecified atom stereocenters. The molecule has 0 aliphatic carbocycles. The number of guanidine groups is 1. The molecule has 10 heteroatoms. The van der Waals surface area contributed by atoms with Crippen LogP contribution in [0.25, 0.3) is 0 Å². The van der Waals surface area contributed by atoms with Gasteiger partial charge >= 0.3 is 5.69 Å². The van der Waals surface area contributed by atoms with Crippen molar-refractivity contribution in [1.82, 2.24) is 34.5 Å². The first-order chi connectivity index (χ1) is 14.3. The zero-order valence-corrected chi connectivity index (χ0v) is 17.0. The van der Waals surface area contributed by atoms with Gasteiger partial charge in [-0.3, -0.25) is 9.56 Å². The number of aliphatic imine (C=N–C) groups is 1. The van der Waals surface area contributed by atoms with Gasteiger partial charge in [0, 0.05) is 71.7 Å². The summed E-state index contributed by atoms with van der Waals surface area (Å²) in [7, 11) is 1.81. The lowest BCUT2D eigenvalue weighted by Crippen LogP contribution is -2.53. The Hall–Kier alpha value is -2.91. The molecule has 0 atom stereocenters. The number of aryl methyl sites for hydroxylation is 2. The van der Waals surface area contributed by atoms with Crippen LogP contribution < -0.4 is 15.9 Å². The predicted octanol–water partition coefficient (Wildman–Crippen LogP) is -0.0412. The number of piperazine rings is 1. The Balaban J connectivity index is 1.23. The van der Waals surface area contributed by atoms with Crippen LogP contribution in [0.3, 0.4) is 0 Å². The fraction of sp³-hybridized carbons (Fsp3) is 0.632. The van der Waals surface area contributed by atoms with Crippen molar-refractivity contribution < 1.29 is 0 Å². The van der Waals surface area contributed by atoms with Gasteiger partial charge in [-0.25, -0.2) is 19.4 Å². The molecule has 2 aliphatic rings. The minimum absolute atomic E-state index is 0.0309. The van der Waals surface area contributed by atoms with Crippen molar-refractivity contribution >= 4 is 11.9 Å². The summed E-state index contributed by atoms with van der Waals surface area (Å²) in [4.78, 5) is 29.9. The number of aromatic nitrogens is 5. The van der Waals surface area contributed by atoms with E-state index >= 15 is 0 Å². The van der Waals surface area contributed by atoms with E-state index in [1.807, 2.05) is 17.7 Å². The van der Waals surface area contributed by atoms with E-state index in [1.165, 1.54) is 0 Å². The Morgan fingerprint density at radius 1 is 1.14 bits per heavy atom. The van der Waals surface area contributed by atoms with Gasteiger partial charge < -0.3 is 15.1 Å². The average Bonchev–Trinajstić information content (AvgIpc) is 3.10. The molecular weight excluding hydrogens is 370 g/mol. The first-order valence-corrected chi connectivity index (χ1v) is 10.4. The molecule has 0 bridgehead atoms. The predicted molar refractivity (Wildman–Crippen MR) is 111 cm³/mol. The highest BCUT2D eigenvalue weighted by atomic mass is 16.2. The Bertz CT molecular complexity index is 881. The molecule has 4 heterocycles. The van der Waals surface area contributed by atoms with Crippen LogP contribution in [-0.2, 0) is 19.5 Å². The third kappa shape index (κ3) is 4.41. The summed E-state index contributed by atoms with van der Waals surface area (Å²) in [5.74, 6) is 2.61. The maximum Gasteiger partial charge on any atom is 0.345 e. The standard InChI is InChI=1S/C19H29N9O/c1-20-17(25-12-14-26(15-13-25)18-22-7-4-8-23-18)21-9-5-11-28-19(29)27-10-3-2-6-16(27)24-28/h4,7-8H,2-3,5-6,9-15H2,1H3,(H,20,21). The number of fused-ring (bicyclic) bond motifs is 1. The monoisotopic (exact) mass is 399 g/mol. The molecule has 4 rings (SSSR count). The molecule has 0 aromatic carbocycles. The van der Waals surface area contributed by atoms with Crippen molar-refractivity contribution in [1.29, 1.82) is 0 Å². The second kappa shape index (κ2) is 9.06. The Labute approximate surface area is 170 Å². The van der Waals surface area contributed by atoms with Crippen LogP contribution in [0, 0.1) is 0 Å². The zero-order chi connectivity index (χ0) is 20.1. The van der Waals surface area contributed by atoms with Crippen LogP contribution in [0.4, 0.5) is 5.95 Å². The van der Waals surface area contributed by atoms with Crippen molar-refractivity contribution in [2.75, 3.05) is 44.7 Å². The van der Waals surface area contributed by atoms with Crippen LogP contribution in [0.2, 0.25) is 0 Å².